The highest BCUT2D eigenvalue weighted by atomic mass is 32.2. The van der Waals surface area contributed by atoms with E-state index in [4.69, 9.17) is 4.74 Å². The Labute approximate surface area is 220 Å². The number of nitriles is 1. The fourth-order valence-corrected chi connectivity index (χ4v) is 5.28. The summed E-state index contributed by atoms with van der Waals surface area (Å²) >= 11 is 0. The lowest BCUT2D eigenvalue weighted by Gasteiger charge is -2.49. The third-order valence-corrected chi connectivity index (χ3v) is 7.65. The van der Waals surface area contributed by atoms with Gasteiger partial charge in [-0.15, -0.1) is 0 Å². The number of carbonyl (C=O) groups is 2. The number of benzene rings is 1. The Morgan fingerprint density at radius 2 is 2.03 bits per heavy atom. The van der Waals surface area contributed by atoms with Crippen LogP contribution >= 0.6 is 0 Å². The van der Waals surface area contributed by atoms with Crippen molar-refractivity contribution in [2.24, 2.45) is 15.9 Å². The molecule has 0 bridgehead atoms. The average molecular weight is 545 g/mol. The molecule has 3 aliphatic rings. The summed E-state index contributed by atoms with van der Waals surface area (Å²) in [6.45, 7) is 5.00. The second-order valence-electron chi connectivity index (χ2n) is 10.4. The van der Waals surface area contributed by atoms with E-state index in [9.17, 15) is 23.3 Å². The highest BCUT2D eigenvalue weighted by Crippen LogP contribution is 2.41. The van der Waals surface area contributed by atoms with Gasteiger partial charge in [-0.05, 0) is 57.5 Å². The number of hydrogen-bond donors (Lipinski definition) is 1. The van der Waals surface area contributed by atoms with Crippen LogP contribution in [0.25, 0.3) is 0 Å². The molecule has 38 heavy (non-hydrogen) atoms. The van der Waals surface area contributed by atoms with Crippen LogP contribution in [0.2, 0.25) is 0 Å². The zero-order valence-electron chi connectivity index (χ0n) is 21.5. The van der Waals surface area contributed by atoms with Gasteiger partial charge in [0.2, 0.25) is 0 Å². The molecular weight excluding hydrogens is 515 g/mol. The standard InChI is InChI=1S/C25H29FN6O5S/c1-24(2,3)37-23(34)31-14-11-25(10-12-27,19(26)15-31)32-18-9-13-28-22(33)20(18)21(30-32)29-16-5-7-17(8-6-16)38(4,35)36/h5-9,13,19-20H,10-11,14-15H2,1-4H3,(H,29,30)/t19-,20?,25+/m0/s1. The van der Waals surface area contributed by atoms with Crippen molar-refractivity contribution in [3.8, 4) is 6.07 Å². The van der Waals surface area contributed by atoms with Crippen LogP contribution in [0.5, 0.6) is 0 Å². The number of ether oxygens (including phenoxy) is 1. The van der Waals surface area contributed by atoms with E-state index in [1.165, 1.54) is 40.4 Å². The van der Waals surface area contributed by atoms with Gasteiger partial charge in [0.05, 0.1) is 35.3 Å². The first-order valence-corrected chi connectivity index (χ1v) is 13.9. The second kappa shape index (κ2) is 9.83. The summed E-state index contributed by atoms with van der Waals surface area (Å²) in [5, 5.41) is 11.1. The first kappa shape index (κ1) is 27.3. The molecular formula is C25H29FN6O5S. The number of dihydropyridines is 1. The predicted molar refractivity (Wildman–Crippen MR) is 137 cm³/mol. The van der Waals surface area contributed by atoms with Gasteiger partial charge >= 0.3 is 6.09 Å². The minimum atomic E-state index is -3.40. The Balaban J connectivity index is 1.67. The molecule has 2 fully saturated rings. The molecule has 3 heterocycles. The third kappa shape index (κ3) is 5.26. The van der Waals surface area contributed by atoms with E-state index >= 15 is 4.39 Å². The van der Waals surface area contributed by atoms with E-state index in [1.807, 2.05) is 0 Å². The lowest BCUT2D eigenvalue weighted by molar-refractivity contribution is -0.119. The van der Waals surface area contributed by atoms with Crippen molar-refractivity contribution in [1.29, 1.82) is 5.26 Å². The van der Waals surface area contributed by atoms with Crippen LogP contribution in [0.1, 0.15) is 33.6 Å². The SMILES string of the molecule is CC(C)(C)OC(=O)N1CC[C@@](CC#N)(N2NC(=Nc3ccc(S(C)(=O)=O)cc3)C3C(=O)N=CC=C32)[C@@H](F)C1. The van der Waals surface area contributed by atoms with Crippen molar-refractivity contribution in [3.63, 3.8) is 0 Å². The van der Waals surface area contributed by atoms with Gasteiger partial charge in [0.15, 0.2) is 9.84 Å². The maximum absolute atomic E-state index is 16.0. The Bertz CT molecular complexity index is 1380. The van der Waals surface area contributed by atoms with Crippen LogP contribution in [0.15, 0.2) is 50.9 Å². The van der Waals surface area contributed by atoms with Crippen LogP contribution in [-0.4, -0.2) is 79.0 Å². The number of hydrazine groups is 1. The number of halogens is 1. The lowest BCUT2D eigenvalue weighted by atomic mass is 9.81. The summed E-state index contributed by atoms with van der Waals surface area (Å²) in [6.07, 6.45) is 1.53. The topological polar surface area (TPSA) is 145 Å². The van der Waals surface area contributed by atoms with Crippen LogP contribution in [0.3, 0.4) is 0 Å². The van der Waals surface area contributed by atoms with Gasteiger partial charge in [-0.2, -0.15) is 5.26 Å². The quantitative estimate of drug-likeness (QED) is 0.609. The number of fused-ring (bicyclic) bond motifs is 1. The van der Waals surface area contributed by atoms with Crippen LogP contribution in [0, 0.1) is 17.2 Å². The number of sulfone groups is 1. The zero-order valence-corrected chi connectivity index (χ0v) is 22.3. The number of hydrogen-bond acceptors (Lipinski definition) is 8. The number of piperidine rings is 1. The van der Waals surface area contributed by atoms with E-state index < -0.39 is 45.1 Å². The van der Waals surface area contributed by atoms with Gasteiger partial charge in [0.1, 0.15) is 29.1 Å². The Morgan fingerprint density at radius 3 is 2.61 bits per heavy atom. The number of nitrogens with zero attached hydrogens (tertiary/aromatic N) is 5. The van der Waals surface area contributed by atoms with Crippen LogP contribution in [-0.2, 0) is 19.4 Å². The lowest BCUT2D eigenvalue weighted by Crippen LogP contribution is -2.65. The van der Waals surface area contributed by atoms with Crippen molar-refractivity contribution in [1.82, 2.24) is 15.3 Å². The maximum Gasteiger partial charge on any atom is 0.410 e. The molecule has 3 aliphatic heterocycles. The second-order valence-corrected chi connectivity index (χ2v) is 12.4. The molecule has 2 saturated heterocycles. The first-order chi connectivity index (χ1) is 17.7. The Hall–Kier alpha value is -3.79. The zero-order chi connectivity index (χ0) is 27.9. The fourth-order valence-electron chi connectivity index (χ4n) is 4.65. The number of amidine groups is 1. The van der Waals surface area contributed by atoms with Crippen molar-refractivity contribution < 1.29 is 27.1 Å². The number of likely N-dealkylation sites (tertiary alicyclic amines) is 1. The van der Waals surface area contributed by atoms with Crippen molar-refractivity contribution in [3.05, 3.63) is 36.0 Å². The minimum absolute atomic E-state index is 0.0830. The number of nitrogens with one attached hydrogen (secondary N) is 1. The Morgan fingerprint density at radius 1 is 1.34 bits per heavy atom. The summed E-state index contributed by atoms with van der Waals surface area (Å²) in [4.78, 5) is 35.1. The molecule has 1 unspecified atom stereocenters. The van der Waals surface area contributed by atoms with Crippen LogP contribution < -0.4 is 5.43 Å². The Kier molecular flexibility index (Phi) is 7.05. The predicted octanol–water partition coefficient (Wildman–Crippen LogP) is 2.68. The number of rotatable bonds is 4. The summed E-state index contributed by atoms with van der Waals surface area (Å²) in [5.74, 6) is -1.30. The molecule has 0 saturated carbocycles. The highest BCUT2D eigenvalue weighted by molar-refractivity contribution is 7.90. The van der Waals surface area contributed by atoms with Gasteiger partial charge in [-0.25, -0.2) is 27.6 Å². The molecule has 2 amide bonds. The van der Waals surface area contributed by atoms with Crippen molar-refractivity contribution in [2.75, 3.05) is 19.3 Å². The summed E-state index contributed by atoms with van der Waals surface area (Å²) in [7, 11) is -3.40. The number of aliphatic imine (C=N–C) groups is 2. The molecule has 4 rings (SSSR count). The van der Waals surface area contributed by atoms with E-state index in [1.54, 1.807) is 26.8 Å². The van der Waals surface area contributed by atoms with Gasteiger partial charge in [0.25, 0.3) is 5.91 Å². The van der Waals surface area contributed by atoms with E-state index in [2.05, 4.69) is 21.5 Å². The van der Waals surface area contributed by atoms with Gasteiger partial charge in [0, 0.05) is 19.0 Å². The van der Waals surface area contributed by atoms with Crippen molar-refractivity contribution in [2.45, 2.75) is 55.8 Å². The minimum Gasteiger partial charge on any atom is -0.444 e. The van der Waals surface area contributed by atoms with E-state index in [0.717, 1.165) is 6.26 Å². The molecule has 202 valence electrons. The molecule has 0 aliphatic carbocycles. The molecule has 13 heteroatoms. The number of carbonyl (C=O) groups excluding carboxylic acids is 2. The summed E-state index contributed by atoms with van der Waals surface area (Å²) in [6, 6.07) is 7.86. The number of alkyl halides is 1. The first-order valence-electron chi connectivity index (χ1n) is 12.0. The maximum atomic E-state index is 16.0. The normalized spacial score (nSPS) is 26.5. The molecule has 0 spiro atoms. The van der Waals surface area contributed by atoms with Gasteiger partial charge < -0.3 is 9.64 Å². The average Bonchev–Trinajstić information content (AvgIpc) is 3.19. The fraction of sp³-hybridized carbons (Fsp3) is 0.480. The van der Waals surface area contributed by atoms with Gasteiger partial charge in [-0.1, -0.05) is 0 Å². The molecule has 0 radical (unpaired) electrons. The monoisotopic (exact) mass is 544 g/mol. The molecule has 11 nitrogen and oxygen atoms in total. The molecule has 0 aromatic heterocycles. The smallest absolute Gasteiger partial charge is 0.410 e. The molecule has 3 atom stereocenters. The van der Waals surface area contributed by atoms with Crippen LogP contribution in [0.4, 0.5) is 14.9 Å². The molecule has 1 N–H and O–H groups in total. The largest absolute Gasteiger partial charge is 0.444 e. The summed E-state index contributed by atoms with van der Waals surface area (Å²) < 4.78 is 45.0. The molecule has 1 aromatic carbocycles. The third-order valence-electron chi connectivity index (χ3n) is 6.52. The van der Waals surface area contributed by atoms with E-state index in [-0.39, 0.29) is 36.7 Å². The molecule has 1 aromatic rings. The number of amides is 2. The van der Waals surface area contributed by atoms with Crippen molar-refractivity contribution >= 4 is 39.6 Å². The van der Waals surface area contributed by atoms with Gasteiger partial charge in [-0.3, -0.25) is 15.2 Å². The number of allylic oxidation sites excluding steroid dienone is 1. The highest BCUT2D eigenvalue weighted by Gasteiger charge is 2.55. The summed E-state index contributed by atoms with van der Waals surface area (Å²) in [5.41, 5.74) is 1.65. The van der Waals surface area contributed by atoms with E-state index in [0.29, 0.717) is 11.4 Å².